The highest BCUT2D eigenvalue weighted by Crippen LogP contribution is 2.37. The highest BCUT2D eigenvalue weighted by molar-refractivity contribution is 5.85. The minimum atomic E-state index is -0.479. The summed E-state index contributed by atoms with van der Waals surface area (Å²) in [6, 6.07) is 0.347. The van der Waals surface area contributed by atoms with Gasteiger partial charge in [-0.05, 0) is 38.0 Å². The predicted molar refractivity (Wildman–Crippen MR) is 67.0 cm³/mol. The highest BCUT2D eigenvalue weighted by Gasteiger charge is 2.45. The molecule has 1 aliphatic rings. The lowest BCUT2D eigenvalue weighted by Gasteiger charge is -2.45. The van der Waals surface area contributed by atoms with Crippen LogP contribution in [-0.4, -0.2) is 17.5 Å². The van der Waals surface area contributed by atoms with Crippen LogP contribution in [0.25, 0.3) is 0 Å². The second kappa shape index (κ2) is 5.17. The summed E-state index contributed by atoms with van der Waals surface area (Å²) in [6.45, 7) is 8.61. The van der Waals surface area contributed by atoms with Crippen molar-refractivity contribution in [1.29, 1.82) is 0 Å². The van der Waals surface area contributed by atoms with Crippen molar-refractivity contribution in [2.75, 3.05) is 0 Å². The fourth-order valence-corrected chi connectivity index (χ4v) is 2.79. The molecule has 0 aliphatic heterocycles. The van der Waals surface area contributed by atoms with Gasteiger partial charge < -0.3 is 11.1 Å². The van der Waals surface area contributed by atoms with E-state index in [1.165, 1.54) is 6.42 Å². The van der Waals surface area contributed by atoms with Gasteiger partial charge in [0.25, 0.3) is 0 Å². The number of nitrogens with one attached hydrogen (secondary N) is 1. The van der Waals surface area contributed by atoms with E-state index < -0.39 is 5.54 Å². The van der Waals surface area contributed by atoms with E-state index >= 15 is 0 Å². The Morgan fingerprint density at radius 3 is 2.62 bits per heavy atom. The van der Waals surface area contributed by atoms with Crippen molar-refractivity contribution in [2.45, 2.75) is 65.0 Å². The second-order valence-electron chi connectivity index (χ2n) is 5.58. The standard InChI is InChI=1S/C13H26N2O/c1-5-11(4)15-13(12(14)16)8-9(2)6-7-10(13)3/h9-11,15H,5-8H2,1-4H3,(H2,14,16). The van der Waals surface area contributed by atoms with E-state index in [9.17, 15) is 4.79 Å². The van der Waals surface area contributed by atoms with Crippen LogP contribution < -0.4 is 11.1 Å². The first-order chi connectivity index (χ1) is 7.42. The monoisotopic (exact) mass is 226 g/mol. The smallest absolute Gasteiger partial charge is 0.238 e. The molecule has 0 aromatic rings. The number of hydrogen-bond donors (Lipinski definition) is 2. The van der Waals surface area contributed by atoms with Gasteiger partial charge in [0, 0.05) is 6.04 Å². The van der Waals surface area contributed by atoms with Gasteiger partial charge >= 0.3 is 0 Å². The molecule has 3 N–H and O–H groups in total. The molecule has 0 spiro atoms. The van der Waals surface area contributed by atoms with E-state index in [1.54, 1.807) is 0 Å². The Bertz CT molecular complexity index is 254. The predicted octanol–water partition coefficient (Wildman–Crippen LogP) is 2.05. The Kier molecular flexibility index (Phi) is 4.36. The van der Waals surface area contributed by atoms with E-state index in [0.29, 0.717) is 17.9 Å². The highest BCUT2D eigenvalue weighted by atomic mass is 16.1. The van der Waals surface area contributed by atoms with Crippen molar-refractivity contribution in [3.63, 3.8) is 0 Å². The third kappa shape index (κ3) is 2.57. The third-order valence-electron chi connectivity index (χ3n) is 4.16. The van der Waals surface area contributed by atoms with E-state index in [1.807, 2.05) is 0 Å². The lowest BCUT2D eigenvalue weighted by molar-refractivity contribution is -0.129. The van der Waals surface area contributed by atoms with Gasteiger partial charge in [-0.25, -0.2) is 0 Å². The maximum atomic E-state index is 11.8. The van der Waals surface area contributed by atoms with Crippen molar-refractivity contribution in [3.8, 4) is 0 Å². The molecule has 1 fully saturated rings. The molecule has 0 bridgehead atoms. The minimum absolute atomic E-state index is 0.174. The van der Waals surface area contributed by atoms with Crippen LogP contribution in [0.2, 0.25) is 0 Å². The van der Waals surface area contributed by atoms with Crippen molar-refractivity contribution in [2.24, 2.45) is 17.6 Å². The largest absolute Gasteiger partial charge is 0.368 e. The average molecular weight is 226 g/mol. The molecule has 4 unspecified atom stereocenters. The van der Waals surface area contributed by atoms with Crippen molar-refractivity contribution < 1.29 is 4.79 Å². The molecule has 3 heteroatoms. The maximum absolute atomic E-state index is 11.8. The molecule has 0 aromatic heterocycles. The number of rotatable bonds is 4. The van der Waals surface area contributed by atoms with Crippen LogP contribution in [0.1, 0.15) is 53.4 Å². The molecule has 0 radical (unpaired) electrons. The molecular formula is C13H26N2O. The van der Waals surface area contributed by atoms with Crippen LogP contribution in [0.5, 0.6) is 0 Å². The summed E-state index contributed by atoms with van der Waals surface area (Å²) in [5.41, 5.74) is 5.18. The number of nitrogens with two attached hydrogens (primary N) is 1. The summed E-state index contributed by atoms with van der Waals surface area (Å²) in [7, 11) is 0. The van der Waals surface area contributed by atoms with Crippen molar-refractivity contribution in [3.05, 3.63) is 0 Å². The Morgan fingerprint density at radius 1 is 1.50 bits per heavy atom. The fraction of sp³-hybridized carbons (Fsp3) is 0.923. The first-order valence-electron chi connectivity index (χ1n) is 6.50. The zero-order chi connectivity index (χ0) is 12.3. The molecule has 0 aromatic carbocycles. The summed E-state index contributed by atoms with van der Waals surface area (Å²) in [6.07, 6.45) is 4.20. The average Bonchev–Trinajstić information content (AvgIpc) is 2.23. The van der Waals surface area contributed by atoms with E-state index in [0.717, 1.165) is 19.3 Å². The summed E-state index contributed by atoms with van der Waals surface area (Å²) >= 11 is 0. The minimum Gasteiger partial charge on any atom is -0.368 e. The van der Waals surface area contributed by atoms with Crippen LogP contribution in [0.4, 0.5) is 0 Å². The molecule has 0 saturated heterocycles. The van der Waals surface area contributed by atoms with Crippen LogP contribution in [0.15, 0.2) is 0 Å². The topological polar surface area (TPSA) is 55.1 Å². The number of hydrogen-bond acceptors (Lipinski definition) is 2. The fourth-order valence-electron chi connectivity index (χ4n) is 2.79. The summed E-state index contributed by atoms with van der Waals surface area (Å²) < 4.78 is 0. The Morgan fingerprint density at radius 2 is 2.12 bits per heavy atom. The first kappa shape index (κ1) is 13.5. The van der Waals surface area contributed by atoms with Gasteiger partial charge in [0.1, 0.15) is 5.54 Å². The van der Waals surface area contributed by atoms with Gasteiger partial charge in [0.15, 0.2) is 0 Å². The van der Waals surface area contributed by atoms with E-state index in [4.69, 9.17) is 5.73 Å². The van der Waals surface area contributed by atoms with Gasteiger partial charge in [-0.15, -0.1) is 0 Å². The molecule has 1 amide bonds. The molecule has 3 nitrogen and oxygen atoms in total. The van der Waals surface area contributed by atoms with Gasteiger partial charge in [-0.3, -0.25) is 4.79 Å². The van der Waals surface area contributed by atoms with Crippen LogP contribution in [0, 0.1) is 11.8 Å². The molecule has 4 atom stereocenters. The maximum Gasteiger partial charge on any atom is 0.238 e. The SMILES string of the molecule is CCC(C)NC1(C(N)=O)CC(C)CCC1C. The Labute approximate surface area is 99.2 Å². The summed E-state index contributed by atoms with van der Waals surface area (Å²) in [5.74, 6) is 0.752. The molecule has 0 heterocycles. The quantitative estimate of drug-likeness (QED) is 0.771. The van der Waals surface area contributed by atoms with Crippen molar-refractivity contribution in [1.82, 2.24) is 5.32 Å². The van der Waals surface area contributed by atoms with Crippen molar-refractivity contribution >= 4 is 5.91 Å². The third-order valence-corrected chi connectivity index (χ3v) is 4.16. The number of primary amides is 1. The second-order valence-corrected chi connectivity index (χ2v) is 5.58. The molecule has 1 aliphatic carbocycles. The summed E-state index contributed by atoms with van der Waals surface area (Å²) in [5, 5.41) is 3.49. The molecule has 1 saturated carbocycles. The van der Waals surface area contributed by atoms with E-state index in [-0.39, 0.29) is 5.91 Å². The lowest BCUT2D eigenvalue weighted by Crippen LogP contribution is -2.63. The lowest BCUT2D eigenvalue weighted by atomic mass is 9.69. The zero-order valence-corrected chi connectivity index (χ0v) is 11.0. The zero-order valence-electron chi connectivity index (χ0n) is 11.0. The van der Waals surface area contributed by atoms with E-state index in [2.05, 4.69) is 33.0 Å². The molecule has 1 rings (SSSR count). The van der Waals surface area contributed by atoms with Gasteiger partial charge in [0.2, 0.25) is 5.91 Å². The van der Waals surface area contributed by atoms with Crippen LogP contribution in [0.3, 0.4) is 0 Å². The first-order valence-corrected chi connectivity index (χ1v) is 6.50. The van der Waals surface area contributed by atoms with Crippen LogP contribution in [-0.2, 0) is 4.79 Å². The number of carbonyl (C=O) groups is 1. The normalized spacial score (nSPS) is 37.0. The Balaban J connectivity index is 2.88. The molecule has 94 valence electrons. The molecule has 16 heavy (non-hydrogen) atoms. The van der Waals surface area contributed by atoms with Gasteiger partial charge in [-0.2, -0.15) is 0 Å². The van der Waals surface area contributed by atoms with Gasteiger partial charge in [0.05, 0.1) is 0 Å². The van der Waals surface area contributed by atoms with Crippen LogP contribution >= 0.6 is 0 Å². The summed E-state index contributed by atoms with van der Waals surface area (Å²) in [4.78, 5) is 11.8. The Hall–Kier alpha value is -0.570. The number of carbonyl (C=O) groups excluding carboxylic acids is 1. The molecular weight excluding hydrogens is 200 g/mol. The number of amides is 1. The van der Waals surface area contributed by atoms with Gasteiger partial charge in [-0.1, -0.05) is 27.2 Å².